The first-order valence-electron chi connectivity index (χ1n) is 4.44. The second-order valence-corrected chi connectivity index (χ2v) is 3.92. The van der Waals surface area contributed by atoms with Gasteiger partial charge in [0.15, 0.2) is 0 Å². The van der Waals surface area contributed by atoms with Crippen molar-refractivity contribution in [3.63, 3.8) is 0 Å². The Morgan fingerprint density at radius 3 is 2.62 bits per heavy atom. The number of alkyl halides is 1. The highest BCUT2D eigenvalue weighted by molar-refractivity contribution is 7.22. The van der Waals surface area contributed by atoms with Gasteiger partial charge < -0.3 is 0 Å². The Morgan fingerprint density at radius 2 is 2.15 bits per heavy atom. The van der Waals surface area contributed by atoms with Gasteiger partial charge in [0.05, 0.1) is 6.67 Å². The van der Waals surface area contributed by atoms with Gasteiger partial charge in [0, 0.05) is 0 Å². The van der Waals surface area contributed by atoms with Crippen LogP contribution in [0.15, 0.2) is 23.3 Å². The van der Waals surface area contributed by atoms with Crippen molar-refractivity contribution in [1.29, 1.82) is 0 Å². The van der Waals surface area contributed by atoms with Crippen molar-refractivity contribution in [2.24, 2.45) is 5.92 Å². The minimum Gasteiger partial charge on any atom is -0.251 e. The minimum absolute atomic E-state index is 0.238. The van der Waals surface area contributed by atoms with E-state index in [1.807, 2.05) is 6.92 Å². The van der Waals surface area contributed by atoms with Crippen LogP contribution >= 0.6 is 9.24 Å². The monoisotopic (exact) mass is 206 g/mol. The Bertz CT molecular complexity index is 197. The summed E-state index contributed by atoms with van der Waals surface area (Å²) >= 11 is 0. The molecule has 0 heterocycles. The van der Waals surface area contributed by atoms with Gasteiger partial charge in [-0.3, -0.25) is 4.39 Å². The molecular weight excluding hydrogens is 189 g/mol. The zero-order valence-electron chi connectivity index (χ0n) is 8.19. The minimum atomic E-state index is -0.300. The molecule has 2 atom stereocenters. The summed E-state index contributed by atoms with van der Waals surface area (Å²) in [6, 6.07) is 0. The SMILES string of the molecule is C/C=C(F)\C=C(\P)CC(C)CCF. The summed E-state index contributed by atoms with van der Waals surface area (Å²) in [5.74, 6) is 0.0378. The Morgan fingerprint density at radius 1 is 1.54 bits per heavy atom. The van der Waals surface area contributed by atoms with Crippen LogP contribution in [0.1, 0.15) is 26.7 Å². The van der Waals surface area contributed by atoms with Gasteiger partial charge in [-0.1, -0.05) is 13.0 Å². The van der Waals surface area contributed by atoms with Crippen LogP contribution in [0.3, 0.4) is 0 Å². The Kier molecular flexibility index (Phi) is 7.07. The molecule has 0 aliphatic heterocycles. The van der Waals surface area contributed by atoms with E-state index in [1.54, 1.807) is 6.92 Å². The fraction of sp³-hybridized carbons (Fsp3) is 0.600. The van der Waals surface area contributed by atoms with Crippen molar-refractivity contribution in [2.45, 2.75) is 26.7 Å². The lowest BCUT2D eigenvalue weighted by Crippen LogP contribution is -1.95. The zero-order chi connectivity index (χ0) is 10.3. The second kappa shape index (κ2) is 7.20. The smallest absolute Gasteiger partial charge is 0.119 e. The Labute approximate surface area is 81.3 Å². The molecule has 0 amide bonds. The summed E-state index contributed by atoms with van der Waals surface area (Å²) in [7, 11) is 2.48. The topological polar surface area (TPSA) is 0 Å². The second-order valence-electron chi connectivity index (χ2n) is 3.18. The summed E-state index contributed by atoms with van der Waals surface area (Å²) in [6.45, 7) is 3.31. The van der Waals surface area contributed by atoms with Crippen LogP contribution < -0.4 is 0 Å². The van der Waals surface area contributed by atoms with Gasteiger partial charge >= 0.3 is 0 Å². The van der Waals surface area contributed by atoms with Gasteiger partial charge in [0.1, 0.15) is 5.83 Å². The van der Waals surface area contributed by atoms with E-state index in [-0.39, 0.29) is 18.4 Å². The van der Waals surface area contributed by atoms with Crippen molar-refractivity contribution < 1.29 is 8.78 Å². The molecule has 2 unspecified atom stereocenters. The quantitative estimate of drug-likeness (QED) is 0.471. The number of allylic oxidation sites excluding steroid dienone is 4. The molecule has 0 aromatic heterocycles. The van der Waals surface area contributed by atoms with Crippen LogP contribution in [-0.4, -0.2) is 6.67 Å². The van der Waals surface area contributed by atoms with Gasteiger partial charge in [-0.05, 0) is 37.1 Å². The molecule has 0 rings (SSSR count). The summed E-state index contributed by atoms with van der Waals surface area (Å²) in [4.78, 5) is 0. The fourth-order valence-corrected chi connectivity index (χ4v) is 1.57. The first kappa shape index (κ1) is 12.8. The normalized spacial score (nSPS) is 16.1. The van der Waals surface area contributed by atoms with Gasteiger partial charge in [0.2, 0.25) is 0 Å². The molecule has 0 spiro atoms. The van der Waals surface area contributed by atoms with Gasteiger partial charge in [0.25, 0.3) is 0 Å². The molecule has 0 nitrogen and oxygen atoms in total. The van der Waals surface area contributed by atoms with E-state index in [4.69, 9.17) is 0 Å². The highest BCUT2D eigenvalue weighted by Gasteiger charge is 2.02. The predicted octanol–water partition coefficient (Wildman–Crippen LogP) is 4.00. The highest BCUT2D eigenvalue weighted by atomic mass is 31.0. The molecule has 0 aliphatic carbocycles. The summed E-state index contributed by atoms with van der Waals surface area (Å²) in [6.07, 6.45) is 4.16. The Hall–Kier alpha value is -0.230. The van der Waals surface area contributed by atoms with Gasteiger partial charge in [-0.25, -0.2) is 4.39 Å². The number of halogens is 2. The molecule has 0 N–H and O–H groups in total. The molecule has 13 heavy (non-hydrogen) atoms. The van der Waals surface area contributed by atoms with Gasteiger partial charge in [-0.2, -0.15) is 0 Å². The average Bonchev–Trinajstić information content (AvgIpc) is 2.04. The molecule has 0 bridgehead atoms. The molecule has 0 aliphatic rings. The zero-order valence-corrected chi connectivity index (χ0v) is 9.34. The largest absolute Gasteiger partial charge is 0.251 e. The van der Waals surface area contributed by atoms with Crippen LogP contribution in [-0.2, 0) is 0 Å². The van der Waals surface area contributed by atoms with E-state index < -0.39 is 0 Å². The lowest BCUT2D eigenvalue weighted by Gasteiger charge is -2.08. The third kappa shape index (κ3) is 6.89. The van der Waals surface area contributed by atoms with E-state index in [2.05, 4.69) is 9.24 Å². The predicted molar refractivity (Wildman–Crippen MR) is 57.0 cm³/mol. The maximum atomic E-state index is 12.7. The van der Waals surface area contributed by atoms with E-state index in [0.717, 1.165) is 11.7 Å². The van der Waals surface area contributed by atoms with Crippen molar-refractivity contribution in [2.75, 3.05) is 6.67 Å². The maximum absolute atomic E-state index is 12.7. The maximum Gasteiger partial charge on any atom is 0.119 e. The molecule has 0 radical (unpaired) electrons. The van der Waals surface area contributed by atoms with E-state index >= 15 is 0 Å². The first-order chi connectivity index (χ1) is 6.10. The summed E-state index contributed by atoms with van der Waals surface area (Å²) in [5.41, 5.74) is 0. The average molecular weight is 206 g/mol. The fourth-order valence-electron chi connectivity index (χ4n) is 1.01. The third-order valence-electron chi connectivity index (χ3n) is 1.79. The molecule has 0 fully saturated rings. The van der Waals surface area contributed by atoms with E-state index in [9.17, 15) is 8.78 Å². The summed E-state index contributed by atoms with van der Waals surface area (Å²) < 4.78 is 24.6. The molecule has 76 valence electrons. The van der Waals surface area contributed by atoms with Crippen LogP contribution in [0, 0.1) is 5.92 Å². The van der Waals surface area contributed by atoms with E-state index in [0.29, 0.717) is 6.42 Å². The molecule has 3 heteroatoms. The standard InChI is InChI=1S/C10H17F2P/c1-3-9(12)7-10(13)6-8(2)4-5-11/h3,7-8H,4-6,13H2,1-2H3/b9-3+,10-7+. The van der Waals surface area contributed by atoms with Crippen molar-refractivity contribution in [3.8, 4) is 0 Å². The van der Waals surface area contributed by atoms with Crippen LogP contribution in [0.25, 0.3) is 0 Å². The van der Waals surface area contributed by atoms with Gasteiger partial charge in [-0.15, -0.1) is 9.24 Å². The Balaban J connectivity index is 3.98. The number of hydrogen-bond donors (Lipinski definition) is 0. The molecular formula is C10H17F2P. The molecule has 0 aromatic carbocycles. The summed E-state index contributed by atoms with van der Waals surface area (Å²) in [5, 5.41) is 0.886. The number of rotatable bonds is 5. The lowest BCUT2D eigenvalue weighted by molar-refractivity contribution is 0.405. The molecule has 0 aromatic rings. The molecule has 0 saturated heterocycles. The van der Waals surface area contributed by atoms with Crippen molar-refractivity contribution >= 4 is 9.24 Å². The van der Waals surface area contributed by atoms with Crippen molar-refractivity contribution in [1.82, 2.24) is 0 Å². The van der Waals surface area contributed by atoms with E-state index in [1.165, 1.54) is 12.2 Å². The highest BCUT2D eigenvalue weighted by Crippen LogP contribution is 2.21. The van der Waals surface area contributed by atoms with Crippen LogP contribution in [0.2, 0.25) is 0 Å². The van der Waals surface area contributed by atoms with Crippen molar-refractivity contribution in [3.05, 3.63) is 23.3 Å². The first-order valence-corrected chi connectivity index (χ1v) is 5.01. The number of hydrogen-bond acceptors (Lipinski definition) is 0. The lowest BCUT2D eigenvalue weighted by atomic mass is 10.0. The third-order valence-corrected chi connectivity index (χ3v) is 2.19. The van der Waals surface area contributed by atoms with Crippen LogP contribution in [0.4, 0.5) is 8.78 Å². The molecule has 0 saturated carbocycles. The van der Waals surface area contributed by atoms with Crippen LogP contribution in [0.5, 0.6) is 0 Å².